The quantitative estimate of drug-likeness (QED) is 0.838. The highest BCUT2D eigenvalue weighted by Crippen LogP contribution is 2.30. The molecule has 0 saturated carbocycles. The molecule has 1 aliphatic rings. The summed E-state index contributed by atoms with van der Waals surface area (Å²) in [4.78, 5) is 14.0. The van der Waals surface area contributed by atoms with Crippen molar-refractivity contribution in [2.45, 2.75) is 44.8 Å². The second kappa shape index (κ2) is 6.48. The van der Waals surface area contributed by atoms with Gasteiger partial charge in [-0.05, 0) is 32.8 Å². The zero-order chi connectivity index (χ0) is 15.5. The summed E-state index contributed by atoms with van der Waals surface area (Å²) in [7, 11) is 1.74. The van der Waals surface area contributed by atoms with Crippen LogP contribution in [0.4, 0.5) is 4.79 Å². The lowest BCUT2D eigenvalue weighted by Gasteiger charge is -2.38. The van der Waals surface area contributed by atoms with Gasteiger partial charge in [0.25, 0.3) is 0 Å². The fourth-order valence-electron chi connectivity index (χ4n) is 2.73. The molecule has 4 heteroatoms. The number of methoxy groups -OCH3 is 1. The molecule has 21 heavy (non-hydrogen) atoms. The van der Waals surface area contributed by atoms with Gasteiger partial charge >= 0.3 is 6.09 Å². The number of hydrogen-bond acceptors (Lipinski definition) is 3. The summed E-state index contributed by atoms with van der Waals surface area (Å²) in [6.45, 7) is 6.98. The van der Waals surface area contributed by atoms with E-state index in [0.717, 1.165) is 6.42 Å². The maximum absolute atomic E-state index is 12.2. The number of piperidine rings is 1. The summed E-state index contributed by atoms with van der Waals surface area (Å²) in [5.74, 6) is 0.192. The minimum atomic E-state index is -0.461. The summed E-state index contributed by atoms with van der Waals surface area (Å²) in [5, 5.41) is 0. The van der Waals surface area contributed by atoms with Crippen LogP contribution in [0, 0.1) is 0 Å². The normalized spacial score (nSPS) is 23.0. The Kier molecular flexibility index (Phi) is 4.88. The number of carbonyl (C=O) groups is 1. The molecular weight excluding hydrogens is 266 g/mol. The fourth-order valence-corrected chi connectivity index (χ4v) is 2.73. The molecule has 1 fully saturated rings. The van der Waals surface area contributed by atoms with Crippen molar-refractivity contribution < 1.29 is 14.3 Å². The molecule has 0 aromatic heterocycles. The van der Waals surface area contributed by atoms with Crippen LogP contribution in [-0.4, -0.2) is 42.9 Å². The summed E-state index contributed by atoms with van der Waals surface area (Å²) >= 11 is 0. The van der Waals surface area contributed by atoms with E-state index in [1.165, 1.54) is 5.56 Å². The van der Waals surface area contributed by atoms with E-state index in [-0.39, 0.29) is 18.1 Å². The molecule has 1 amide bonds. The Morgan fingerprint density at radius 1 is 1.24 bits per heavy atom. The van der Waals surface area contributed by atoms with Gasteiger partial charge in [0.2, 0.25) is 0 Å². The Hall–Kier alpha value is -1.55. The maximum atomic E-state index is 12.2. The van der Waals surface area contributed by atoms with E-state index in [4.69, 9.17) is 9.47 Å². The molecule has 0 bridgehead atoms. The van der Waals surface area contributed by atoms with Crippen LogP contribution in [0.3, 0.4) is 0 Å². The van der Waals surface area contributed by atoms with E-state index in [1.54, 1.807) is 12.0 Å². The van der Waals surface area contributed by atoms with Crippen LogP contribution in [0.25, 0.3) is 0 Å². The number of nitrogens with zero attached hydrogens (tertiary/aromatic N) is 1. The highest BCUT2D eigenvalue weighted by atomic mass is 16.6. The van der Waals surface area contributed by atoms with Crippen LogP contribution < -0.4 is 0 Å². The SMILES string of the molecule is CO[C@@H]1CCN(C(=O)OC(C)(C)C)C[C@H]1c1ccccc1. The summed E-state index contributed by atoms with van der Waals surface area (Å²) in [6, 6.07) is 10.2. The lowest BCUT2D eigenvalue weighted by Crippen LogP contribution is -2.47. The first-order valence-electron chi connectivity index (χ1n) is 7.46. The van der Waals surface area contributed by atoms with Gasteiger partial charge in [-0.3, -0.25) is 0 Å². The Bertz CT molecular complexity index is 467. The van der Waals surface area contributed by atoms with Crippen molar-refractivity contribution in [1.29, 1.82) is 0 Å². The van der Waals surface area contributed by atoms with Gasteiger partial charge in [-0.1, -0.05) is 30.3 Å². The summed E-state index contributed by atoms with van der Waals surface area (Å²) < 4.78 is 11.1. The summed E-state index contributed by atoms with van der Waals surface area (Å²) in [6.07, 6.45) is 0.735. The second-order valence-corrected chi connectivity index (χ2v) is 6.51. The Morgan fingerprint density at radius 3 is 2.48 bits per heavy atom. The standard InChI is InChI=1S/C17H25NO3/c1-17(2,3)21-16(19)18-11-10-15(20-4)14(12-18)13-8-6-5-7-9-13/h5-9,14-15H,10-12H2,1-4H3/t14-,15+/m0/s1. The van der Waals surface area contributed by atoms with Crippen molar-refractivity contribution in [3.05, 3.63) is 35.9 Å². The lowest BCUT2D eigenvalue weighted by atomic mass is 9.88. The van der Waals surface area contributed by atoms with Gasteiger partial charge in [0.05, 0.1) is 6.10 Å². The van der Waals surface area contributed by atoms with Gasteiger partial charge in [0.1, 0.15) is 5.60 Å². The molecule has 0 aliphatic carbocycles. The molecule has 1 heterocycles. The number of hydrogen-bond donors (Lipinski definition) is 0. The number of ether oxygens (including phenoxy) is 2. The fraction of sp³-hybridized carbons (Fsp3) is 0.588. The molecular formula is C17H25NO3. The molecule has 0 spiro atoms. The van der Waals surface area contributed by atoms with Crippen LogP contribution in [0.15, 0.2) is 30.3 Å². The van der Waals surface area contributed by atoms with Crippen LogP contribution in [0.5, 0.6) is 0 Å². The number of benzene rings is 1. The van der Waals surface area contributed by atoms with Crippen molar-refractivity contribution in [2.24, 2.45) is 0 Å². The minimum absolute atomic E-state index is 0.145. The van der Waals surface area contributed by atoms with Gasteiger partial charge in [0.15, 0.2) is 0 Å². The molecule has 4 nitrogen and oxygen atoms in total. The number of amides is 1. The van der Waals surface area contributed by atoms with Gasteiger partial charge in [-0.2, -0.15) is 0 Å². The first-order chi connectivity index (χ1) is 9.90. The van der Waals surface area contributed by atoms with E-state index >= 15 is 0 Å². The van der Waals surface area contributed by atoms with Crippen molar-refractivity contribution in [3.8, 4) is 0 Å². The third-order valence-electron chi connectivity index (χ3n) is 3.73. The maximum Gasteiger partial charge on any atom is 0.410 e. The van der Waals surface area contributed by atoms with Crippen LogP contribution in [0.2, 0.25) is 0 Å². The Balaban J connectivity index is 2.10. The second-order valence-electron chi connectivity index (χ2n) is 6.51. The number of rotatable bonds is 2. The van der Waals surface area contributed by atoms with Gasteiger partial charge in [0, 0.05) is 26.1 Å². The van der Waals surface area contributed by atoms with Gasteiger partial charge in [-0.25, -0.2) is 4.79 Å². The van der Waals surface area contributed by atoms with Crippen LogP contribution in [-0.2, 0) is 9.47 Å². The molecule has 2 atom stereocenters. The van der Waals surface area contributed by atoms with Gasteiger partial charge < -0.3 is 14.4 Å². The zero-order valence-corrected chi connectivity index (χ0v) is 13.3. The number of likely N-dealkylation sites (tertiary alicyclic amines) is 1. The summed E-state index contributed by atoms with van der Waals surface area (Å²) in [5.41, 5.74) is 0.745. The van der Waals surface area contributed by atoms with E-state index in [1.807, 2.05) is 39.0 Å². The molecule has 0 N–H and O–H groups in total. The predicted octanol–water partition coefficient (Wildman–Crippen LogP) is 3.43. The largest absolute Gasteiger partial charge is 0.444 e. The van der Waals surface area contributed by atoms with Crippen molar-refractivity contribution >= 4 is 6.09 Å². The van der Waals surface area contributed by atoms with E-state index < -0.39 is 5.60 Å². The van der Waals surface area contributed by atoms with Crippen molar-refractivity contribution in [1.82, 2.24) is 4.90 Å². The van der Waals surface area contributed by atoms with Crippen molar-refractivity contribution in [3.63, 3.8) is 0 Å². The zero-order valence-electron chi connectivity index (χ0n) is 13.3. The first-order valence-corrected chi connectivity index (χ1v) is 7.46. The molecule has 1 aromatic carbocycles. The first kappa shape index (κ1) is 15.8. The van der Waals surface area contributed by atoms with Crippen LogP contribution in [0.1, 0.15) is 38.7 Å². The minimum Gasteiger partial charge on any atom is -0.444 e. The van der Waals surface area contributed by atoms with Crippen molar-refractivity contribution in [2.75, 3.05) is 20.2 Å². The highest BCUT2D eigenvalue weighted by molar-refractivity contribution is 5.68. The molecule has 1 aromatic rings. The Morgan fingerprint density at radius 2 is 1.90 bits per heavy atom. The third kappa shape index (κ3) is 4.21. The molecule has 116 valence electrons. The van der Waals surface area contributed by atoms with Crippen LogP contribution >= 0.6 is 0 Å². The average molecular weight is 291 g/mol. The number of carbonyl (C=O) groups excluding carboxylic acids is 1. The average Bonchev–Trinajstić information content (AvgIpc) is 2.45. The monoisotopic (exact) mass is 291 g/mol. The molecule has 0 unspecified atom stereocenters. The molecule has 0 radical (unpaired) electrons. The van der Waals surface area contributed by atoms with E-state index in [0.29, 0.717) is 13.1 Å². The molecule has 1 aliphatic heterocycles. The van der Waals surface area contributed by atoms with E-state index in [2.05, 4.69) is 12.1 Å². The topological polar surface area (TPSA) is 38.8 Å². The smallest absolute Gasteiger partial charge is 0.410 e. The molecule has 1 saturated heterocycles. The Labute approximate surface area is 127 Å². The molecule has 2 rings (SSSR count). The predicted molar refractivity (Wildman–Crippen MR) is 82.4 cm³/mol. The lowest BCUT2D eigenvalue weighted by molar-refractivity contribution is -0.00700. The van der Waals surface area contributed by atoms with E-state index in [9.17, 15) is 4.79 Å². The van der Waals surface area contributed by atoms with Gasteiger partial charge in [-0.15, -0.1) is 0 Å². The highest BCUT2D eigenvalue weighted by Gasteiger charge is 2.34. The third-order valence-corrected chi connectivity index (χ3v) is 3.73.